The molecule has 5 heteroatoms. The highest BCUT2D eigenvalue weighted by atomic mass is 16.5. The van der Waals surface area contributed by atoms with Crippen molar-refractivity contribution in [3.63, 3.8) is 0 Å². The molecule has 5 nitrogen and oxygen atoms in total. The quantitative estimate of drug-likeness (QED) is 0.873. The molecule has 1 aromatic heterocycles. The number of carbonyl (C=O) groups excluding carboxylic acids is 1. The Morgan fingerprint density at radius 3 is 2.72 bits per heavy atom. The summed E-state index contributed by atoms with van der Waals surface area (Å²) < 4.78 is 11.2. The SMILES string of the molecule is COc1ccccc1Oc1ncccc1CNC(=O)C1CC12CCC2. The first-order valence-electron chi connectivity index (χ1n) is 8.74. The van der Waals surface area contributed by atoms with E-state index in [0.29, 0.717) is 29.3 Å². The normalized spacial score (nSPS) is 19.8. The predicted molar refractivity (Wildman–Crippen MR) is 93.5 cm³/mol. The molecule has 1 heterocycles. The van der Waals surface area contributed by atoms with Crippen LogP contribution in [-0.2, 0) is 11.3 Å². The van der Waals surface area contributed by atoms with Crippen LogP contribution in [0.1, 0.15) is 31.2 Å². The van der Waals surface area contributed by atoms with Crippen LogP contribution in [-0.4, -0.2) is 18.0 Å². The lowest BCUT2D eigenvalue weighted by atomic mass is 9.80. The van der Waals surface area contributed by atoms with Crippen LogP contribution in [0.5, 0.6) is 17.4 Å². The van der Waals surface area contributed by atoms with Crippen LogP contribution < -0.4 is 14.8 Å². The van der Waals surface area contributed by atoms with Crippen LogP contribution in [0.15, 0.2) is 42.6 Å². The molecular weight excluding hydrogens is 316 g/mol. The largest absolute Gasteiger partial charge is 0.493 e. The zero-order chi connectivity index (χ0) is 17.3. The molecule has 2 aliphatic carbocycles. The second kappa shape index (κ2) is 6.39. The van der Waals surface area contributed by atoms with E-state index < -0.39 is 0 Å². The molecule has 0 bridgehead atoms. The van der Waals surface area contributed by atoms with Gasteiger partial charge in [-0.15, -0.1) is 0 Å². The summed E-state index contributed by atoms with van der Waals surface area (Å²) in [5.41, 5.74) is 1.19. The van der Waals surface area contributed by atoms with Gasteiger partial charge in [-0.1, -0.05) is 24.6 Å². The van der Waals surface area contributed by atoms with Gasteiger partial charge in [0.15, 0.2) is 11.5 Å². The topological polar surface area (TPSA) is 60.5 Å². The molecule has 1 N–H and O–H groups in total. The van der Waals surface area contributed by atoms with Crippen molar-refractivity contribution in [2.45, 2.75) is 32.2 Å². The minimum Gasteiger partial charge on any atom is -0.493 e. The van der Waals surface area contributed by atoms with E-state index in [2.05, 4.69) is 10.3 Å². The third-order valence-electron chi connectivity index (χ3n) is 5.43. The Morgan fingerprint density at radius 1 is 1.24 bits per heavy atom. The second-order valence-corrected chi connectivity index (χ2v) is 6.91. The summed E-state index contributed by atoms with van der Waals surface area (Å²) in [5.74, 6) is 2.10. The highest BCUT2D eigenvalue weighted by Crippen LogP contribution is 2.65. The number of rotatable bonds is 6. The zero-order valence-corrected chi connectivity index (χ0v) is 14.3. The zero-order valence-electron chi connectivity index (χ0n) is 14.3. The van der Waals surface area contributed by atoms with Crippen LogP contribution in [0.3, 0.4) is 0 Å². The summed E-state index contributed by atoms with van der Waals surface area (Å²) in [5, 5.41) is 3.05. The molecule has 1 unspecified atom stereocenters. The number of methoxy groups -OCH3 is 1. The second-order valence-electron chi connectivity index (χ2n) is 6.91. The maximum atomic E-state index is 12.4. The number of ether oxygens (including phenoxy) is 2. The number of hydrogen-bond acceptors (Lipinski definition) is 4. The molecule has 1 atom stereocenters. The average molecular weight is 338 g/mol. The number of hydrogen-bond donors (Lipinski definition) is 1. The monoisotopic (exact) mass is 338 g/mol. The van der Waals surface area contributed by atoms with Crippen LogP contribution in [0.25, 0.3) is 0 Å². The Balaban J connectivity index is 1.43. The Kier molecular flexibility index (Phi) is 4.07. The molecule has 130 valence electrons. The molecule has 2 saturated carbocycles. The van der Waals surface area contributed by atoms with Crippen molar-refractivity contribution in [1.82, 2.24) is 10.3 Å². The first-order chi connectivity index (χ1) is 12.2. The highest BCUT2D eigenvalue weighted by Gasteiger charge is 2.60. The average Bonchev–Trinajstić information content (AvgIpc) is 3.38. The van der Waals surface area contributed by atoms with Crippen LogP contribution >= 0.6 is 0 Å². The van der Waals surface area contributed by atoms with E-state index in [1.54, 1.807) is 13.3 Å². The Bertz CT molecular complexity index is 786. The van der Waals surface area contributed by atoms with Crippen LogP contribution in [0, 0.1) is 11.3 Å². The molecule has 2 aromatic rings. The van der Waals surface area contributed by atoms with Gasteiger partial charge in [0.2, 0.25) is 11.8 Å². The van der Waals surface area contributed by atoms with E-state index in [4.69, 9.17) is 9.47 Å². The van der Waals surface area contributed by atoms with E-state index in [1.807, 2.05) is 36.4 Å². The Hall–Kier alpha value is -2.56. The number of pyridine rings is 1. The van der Waals surface area contributed by atoms with E-state index >= 15 is 0 Å². The van der Waals surface area contributed by atoms with Crippen molar-refractivity contribution in [3.05, 3.63) is 48.2 Å². The minimum atomic E-state index is 0.159. The molecule has 0 radical (unpaired) electrons. The van der Waals surface area contributed by atoms with Gasteiger partial charge in [0, 0.05) is 24.2 Å². The van der Waals surface area contributed by atoms with Gasteiger partial charge in [0.05, 0.1) is 7.11 Å². The summed E-state index contributed by atoms with van der Waals surface area (Å²) >= 11 is 0. The van der Waals surface area contributed by atoms with Gasteiger partial charge in [0.1, 0.15) is 0 Å². The third-order valence-corrected chi connectivity index (χ3v) is 5.43. The highest BCUT2D eigenvalue weighted by molar-refractivity contribution is 5.82. The predicted octanol–water partition coefficient (Wildman–Crippen LogP) is 3.69. The van der Waals surface area contributed by atoms with Crippen molar-refractivity contribution in [3.8, 4) is 17.4 Å². The number of carbonyl (C=O) groups is 1. The molecule has 4 rings (SSSR count). The number of amides is 1. The van der Waals surface area contributed by atoms with Gasteiger partial charge in [-0.25, -0.2) is 4.98 Å². The van der Waals surface area contributed by atoms with Crippen molar-refractivity contribution in [2.24, 2.45) is 11.3 Å². The smallest absolute Gasteiger partial charge is 0.224 e. The standard InChI is InChI=1S/C20H22N2O3/c1-24-16-7-2-3-8-17(16)25-19-14(6-4-11-21-19)13-22-18(23)15-12-20(15)9-5-10-20/h2-4,6-8,11,15H,5,9-10,12-13H2,1H3,(H,22,23). The summed E-state index contributed by atoms with van der Waals surface area (Å²) in [7, 11) is 1.60. The number of nitrogens with one attached hydrogen (secondary N) is 1. The molecule has 2 fully saturated rings. The van der Waals surface area contributed by atoms with Crippen LogP contribution in [0.4, 0.5) is 0 Å². The molecule has 0 aliphatic heterocycles. The van der Waals surface area contributed by atoms with Crippen molar-refractivity contribution in [2.75, 3.05) is 7.11 Å². The first kappa shape index (κ1) is 15.9. The van der Waals surface area contributed by atoms with Crippen LogP contribution in [0.2, 0.25) is 0 Å². The molecule has 2 aliphatic rings. The van der Waals surface area contributed by atoms with Gasteiger partial charge in [0.25, 0.3) is 0 Å². The molecule has 1 aromatic carbocycles. The number of nitrogens with zero attached hydrogens (tertiary/aromatic N) is 1. The summed E-state index contributed by atoms with van der Waals surface area (Å²) in [6.07, 6.45) is 6.42. The third kappa shape index (κ3) is 3.06. The fourth-order valence-corrected chi connectivity index (χ4v) is 3.67. The summed E-state index contributed by atoms with van der Waals surface area (Å²) in [4.78, 5) is 16.7. The molecular formula is C20H22N2O3. The van der Waals surface area contributed by atoms with Crippen molar-refractivity contribution >= 4 is 5.91 Å². The van der Waals surface area contributed by atoms with Crippen molar-refractivity contribution in [1.29, 1.82) is 0 Å². The van der Waals surface area contributed by atoms with E-state index in [1.165, 1.54) is 19.3 Å². The fraction of sp³-hybridized carbons (Fsp3) is 0.400. The first-order valence-corrected chi connectivity index (χ1v) is 8.74. The lowest BCUT2D eigenvalue weighted by Crippen LogP contribution is -2.29. The van der Waals surface area contributed by atoms with Gasteiger partial charge in [-0.05, 0) is 42.9 Å². The lowest BCUT2D eigenvalue weighted by molar-refractivity contribution is -0.123. The maximum Gasteiger partial charge on any atom is 0.224 e. The lowest BCUT2D eigenvalue weighted by Gasteiger charge is -2.26. The molecule has 25 heavy (non-hydrogen) atoms. The van der Waals surface area contributed by atoms with Gasteiger partial charge >= 0.3 is 0 Å². The molecule has 0 saturated heterocycles. The molecule has 1 amide bonds. The van der Waals surface area contributed by atoms with E-state index in [0.717, 1.165) is 12.0 Å². The maximum absolute atomic E-state index is 12.4. The number of benzene rings is 1. The van der Waals surface area contributed by atoms with Gasteiger partial charge in [-0.2, -0.15) is 0 Å². The van der Waals surface area contributed by atoms with E-state index in [-0.39, 0.29) is 11.8 Å². The Morgan fingerprint density at radius 2 is 2.04 bits per heavy atom. The minimum absolute atomic E-state index is 0.159. The fourth-order valence-electron chi connectivity index (χ4n) is 3.67. The van der Waals surface area contributed by atoms with E-state index in [9.17, 15) is 4.79 Å². The Labute approximate surface area is 147 Å². The number of para-hydroxylation sites is 2. The summed E-state index contributed by atoms with van der Waals surface area (Å²) in [6.45, 7) is 0.420. The van der Waals surface area contributed by atoms with Gasteiger partial charge < -0.3 is 14.8 Å². The number of aromatic nitrogens is 1. The molecule has 1 spiro atoms. The van der Waals surface area contributed by atoms with Gasteiger partial charge in [-0.3, -0.25) is 4.79 Å². The summed E-state index contributed by atoms with van der Waals surface area (Å²) in [6, 6.07) is 11.2. The van der Waals surface area contributed by atoms with Crippen molar-refractivity contribution < 1.29 is 14.3 Å².